The van der Waals surface area contributed by atoms with Crippen molar-refractivity contribution in [3.05, 3.63) is 23.9 Å². The molecule has 2 heterocycles. The fourth-order valence-electron chi connectivity index (χ4n) is 1.65. The Bertz CT molecular complexity index is 483. The molecule has 7 heteroatoms. The molecule has 17 heavy (non-hydrogen) atoms. The summed E-state index contributed by atoms with van der Waals surface area (Å²) < 4.78 is 31.3. The van der Waals surface area contributed by atoms with Crippen LogP contribution in [0.1, 0.15) is 12.1 Å². The number of hydrogen-bond donors (Lipinski definition) is 2. The van der Waals surface area contributed by atoms with E-state index in [9.17, 15) is 8.42 Å². The van der Waals surface area contributed by atoms with Gasteiger partial charge in [0.1, 0.15) is 11.1 Å². The second-order valence-corrected chi connectivity index (χ2v) is 5.95. The van der Waals surface area contributed by atoms with Crippen LogP contribution in [0.3, 0.4) is 0 Å². The lowest BCUT2D eigenvalue weighted by atomic mass is 10.3. The molecule has 0 radical (unpaired) electrons. The van der Waals surface area contributed by atoms with Crippen LogP contribution >= 0.6 is 0 Å². The molecule has 1 unspecified atom stereocenters. The number of nitrogens with two attached hydrogens (primary N) is 1. The number of pyridine rings is 1. The van der Waals surface area contributed by atoms with E-state index >= 15 is 0 Å². The molecular weight excluding hydrogens is 242 g/mol. The van der Waals surface area contributed by atoms with Crippen LogP contribution in [0.2, 0.25) is 0 Å². The lowest BCUT2D eigenvalue weighted by Crippen LogP contribution is -2.34. The van der Waals surface area contributed by atoms with Gasteiger partial charge in [-0.2, -0.15) is 0 Å². The van der Waals surface area contributed by atoms with Crippen LogP contribution in [-0.4, -0.2) is 31.9 Å². The van der Waals surface area contributed by atoms with E-state index < -0.39 is 15.3 Å². The van der Waals surface area contributed by atoms with E-state index in [-0.39, 0.29) is 13.2 Å². The molecule has 1 fully saturated rings. The van der Waals surface area contributed by atoms with E-state index in [0.717, 1.165) is 0 Å². The summed E-state index contributed by atoms with van der Waals surface area (Å²) in [7, 11) is -3.33. The molecule has 0 bridgehead atoms. The van der Waals surface area contributed by atoms with Gasteiger partial charge in [-0.15, -0.1) is 0 Å². The highest BCUT2D eigenvalue weighted by molar-refractivity contribution is 7.90. The van der Waals surface area contributed by atoms with Gasteiger partial charge in [-0.25, -0.2) is 18.1 Å². The van der Waals surface area contributed by atoms with Gasteiger partial charge in [0.2, 0.25) is 10.0 Å². The molecule has 1 aliphatic heterocycles. The number of aromatic nitrogens is 1. The van der Waals surface area contributed by atoms with Crippen LogP contribution in [0.25, 0.3) is 0 Å². The topological polar surface area (TPSA) is 94.3 Å². The zero-order valence-corrected chi connectivity index (χ0v) is 10.1. The van der Waals surface area contributed by atoms with Gasteiger partial charge in [0.15, 0.2) is 0 Å². The van der Waals surface area contributed by atoms with Gasteiger partial charge in [-0.3, -0.25) is 0 Å². The molecule has 94 valence electrons. The van der Waals surface area contributed by atoms with Crippen LogP contribution in [0.4, 0.5) is 5.82 Å². The van der Waals surface area contributed by atoms with Crippen molar-refractivity contribution in [1.29, 1.82) is 0 Å². The second kappa shape index (κ2) is 4.99. The Morgan fingerprint density at radius 1 is 1.53 bits per heavy atom. The summed E-state index contributed by atoms with van der Waals surface area (Å²) in [4.78, 5) is 4.02. The van der Waals surface area contributed by atoms with Crippen molar-refractivity contribution < 1.29 is 13.2 Å². The third-order valence-electron chi connectivity index (χ3n) is 2.61. The zero-order chi connectivity index (χ0) is 12.3. The van der Waals surface area contributed by atoms with Crippen molar-refractivity contribution >= 4 is 15.8 Å². The number of nitrogens with one attached hydrogen (secondary N) is 1. The van der Waals surface area contributed by atoms with E-state index in [1.807, 2.05) is 0 Å². The number of rotatable bonds is 4. The van der Waals surface area contributed by atoms with Crippen LogP contribution in [0.5, 0.6) is 0 Å². The predicted octanol–water partition coefficient (Wildman–Crippen LogP) is -0.128. The molecule has 1 aromatic rings. The Labute approximate surface area is 100 Å². The lowest BCUT2D eigenvalue weighted by Gasteiger charge is -2.10. The molecule has 3 N–H and O–H groups in total. The molecule has 0 aromatic carbocycles. The highest BCUT2D eigenvalue weighted by Crippen LogP contribution is 2.13. The monoisotopic (exact) mass is 257 g/mol. The summed E-state index contributed by atoms with van der Waals surface area (Å²) in [6, 6.07) is 5.12. The maximum atomic E-state index is 11.8. The van der Waals surface area contributed by atoms with E-state index in [1.165, 1.54) is 0 Å². The first-order valence-corrected chi connectivity index (χ1v) is 6.90. The quantitative estimate of drug-likeness (QED) is 0.783. The zero-order valence-electron chi connectivity index (χ0n) is 9.30. The molecule has 1 aliphatic rings. The predicted molar refractivity (Wildman–Crippen MR) is 63.6 cm³/mol. The smallest absolute Gasteiger partial charge is 0.217 e. The fourth-order valence-corrected chi connectivity index (χ4v) is 2.91. The Morgan fingerprint density at radius 3 is 3.00 bits per heavy atom. The first-order chi connectivity index (χ1) is 8.08. The summed E-state index contributed by atoms with van der Waals surface area (Å²) in [5, 5.41) is -0.455. The van der Waals surface area contributed by atoms with Crippen LogP contribution in [0, 0.1) is 0 Å². The van der Waals surface area contributed by atoms with Crippen molar-refractivity contribution in [3.63, 3.8) is 0 Å². The van der Waals surface area contributed by atoms with E-state index in [0.29, 0.717) is 24.5 Å². The SMILES string of the molecule is Nc1cccc(CNS(=O)(=O)C2CCOC2)n1. The molecule has 6 nitrogen and oxygen atoms in total. The van der Waals surface area contributed by atoms with Gasteiger partial charge in [-0.1, -0.05) is 6.07 Å². The molecule has 1 atom stereocenters. The average Bonchev–Trinajstić information content (AvgIpc) is 2.81. The molecule has 0 amide bonds. The minimum absolute atomic E-state index is 0.157. The van der Waals surface area contributed by atoms with E-state index in [1.54, 1.807) is 18.2 Å². The first-order valence-electron chi connectivity index (χ1n) is 5.35. The van der Waals surface area contributed by atoms with Gasteiger partial charge >= 0.3 is 0 Å². The number of nitrogens with zero attached hydrogens (tertiary/aromatic N) is 1. The average molecular weight is 257 g/mol. The third kappa shape index (κ3) is 3.15. The first kappa shape index (κ1) is 12.3. The summed E-state index contributed by atoms with van der Waals surface area (Å²) in [6.07, 6.45) is 0.541. The van der Waals surface area contributed by atoms with Crippen molar-refractivity contribution in [2.24, 2.45) is 0 Å². The van der Waals surface area contributed by atoms with Crippen molar-refractivity contribution in [2.75, 3.05) is 18.9 Å². The number of anilines is 1. The number of hydrogen-bond acceptors (Lipinski definition) is 5. The maximum absolute atomic E-state index is 11.8. The number of nitrogen functional groups attached to an aromatic ring is 1. The Hall–Kier alpha value is -1.18. The highest BCUT2D eigenvalue weighted by atomic mass is 32.2. The largest absolute Gasteiger partial charge is 0.384 e. The van der Waals surface area contributed by atoms with Crippen molar-refractivity contribution in [2.45, 2.75) is 18.2 Å². The standard InChI is InChI=1S/C10H15N3O3S/c11-10-3-1-2-8(13-10)6-12-17(14,15)9-4-5-16-7-9/h1-3,9,12H,4-7H2,(H2,11,13). The van der Waals surface area contributed by atoms with Gasteiger partial charge in [-0.05, 0) is 18.6 Å². The molecular formula is C10H15N3O3S. The molecule has 1 aromatic heterocycles. The fraction of sp³-hybridized carbons (Fsp3) is 0.500. The van der Waals surface area contributed by atoms with Crippen molar-refractivity contribution in [3.8, 4) is 0 Å². The molecule has 0 spiro atoms. The Morgan fingerprint density at radius 2 is 2.35 bits per heavy atom. The van der Waals surface area contributed by atoms with Gasteiger partial charge in [0.25, 0.3) is 0 Å². The Balaban J connectivity index is 1.97. The van der Waals surface area contributed by atoms with Crippen LogP contribution in [-0.2, 0) is 21.3 Å². The molecule has 0 aliphatic carbocycles. The molecule has 0 saturated carbocycles. The van der Waals surface area contributed by atoms with E-state index in [2.05, 4.69) is 9.71 Å². The van der Waals surface area contributed by atoms with Crippen molar-refractivity contribution in [1.82, 2.24) is 9.71 Å². The van der Waals surface area contributed by atoms with Gasteiger partial charge < -0.3 is 10.5 Å². The van der Waals surface area contributed by atoms with E-state index in [4.69, 9.17) is 10.5 Å². The summed E-state index contributed by atoms with van der Waals surface area (Å²) in [5.74, 6) is 0.380. The molecule has 1 saturated heterocycles. The number of sulfonamides is 1. The minimum Gasteiger partial charge on any atom is -0.384 e. The Kier molecular flexibility index (Phi) is 3.60. The highest BCUT2D eigenvalue weighted by Gasteiger charge is 2.29. The summed E-state index contributed by atoms with van der Waals surface area (Å²) >= 11 is 0. The van der Waals surface area contributed by atoms with Crippen LogP contribution in [0.15, 0.2) is 18.2 Å². The van der Waals surface area contributed by atoms with Crippen LogP contribution < -0.4 is 10.5 Å². The second-order valence-electron chi connectivity index (χ2n) is 3.91. The molecule has 2 rings (SSSR count). The maximum Gasteiger partial charge on any atom is 0.217 e. The third-order valence-corrected chi connectivity index (χ3v) is 4.41. The summed E-state index contributed by atoms with van der Waals surface area (Å²) in [5.41, 5.74) is 6.12. The minimum atomic E-state index is -3.33. The van der Waals surface area contributed by atoms with Gasteiger partial charge in [0, 0.05) is 6.61 Å². The normalized spacial score (nSPS) is 20.6. The van der Waals surface area contributed by atoms with Gasteiger partial charge in [0.05, 0.1) is 18.8 Å². The number of ether oxygens (including phenoxy) is 1. The lowest BCUT2D eigenvalue weighted by molar-refractivity contribution is 0.198. The summed E-state index contributed by atoms with van der Waals surface area (Å²) in [6.45, 7) is 0.922.